The number of pyridine rings is 2. The number of oxazole rings is 1. The van der Waals surface area contributed by atoms with Crippen LogP contribution >= 0.6 is 0 Å². The van der Waals surface area contributed by atoms with E-state index in [9.17, 15) is 0 Å². The molecule has 0 atom stereocenters. The van der Waals surface area contributed by atoms with E-state index in [1.54, 1.807) is 12.4 Å². The van der Waals surface area contributed by atoms with Gasteiger partial charge in [0.2, 0.25) is 0 Å². The maximum Gasteiger partial charge on any atom is 0.423 e. The number of nitrogens with zero attached hydrogens (tertiary/aromatic N) is 3. The summed E-state index contributed by atoms with van der Waals surface area (Å²) in [6.07, 6.45) is 3.54. The summed E-state index contributed by atoms with van der Waals surface area (Å²) in [5.74, 6) is 0.796. The van der Waals surface area contributed by atoms with Gasteiger partial charge in [-0.3, -0.25) is 4.98 Å². The minimum Gasteiger partial charge on any atom is -0.400 e. The lowest BCUT2D eigenvalue weighted by Gasteiger charge is -1.88. The zero-order chi connectivity index (χ0) is 12.4. The van der Waals surface area contributed by atoms with E-state index in [4.69, 9.17) is 8.83 Å². The summed E-state index contributed by atoms with van der Waals surface area (Å²) in [5, 5.41) is 0. The summed E-state index contributed by atoms with van der Waals surface area (Å²) in [5.41, 5.74) is 4.98. The molecule has 19 heavy (non-hydrogen) atoms. The largest absolute Gasteiger partial charge is 0.423 e. The summed E-state index contributed by atoms with van der Waals surface area (Å²) in [7, 11) is 0. The van der Waals surface area contributed by atoms with Gasteiger partial charge in [-0.15, -0.1) is 4.57 Å². The van der Waals surface area contributed by atoms with Crippen LogP contribution in [0.5, 0.6) is 0 Å². The number of hydrogen-bond donors (Lipinski definition) is 0. The van der Waals surface area contributed by atoms with Crippen LogP contribution in [0, 0.1) is 0 Å². The first-order chi connectivity index (χ1) is 9.42. The van der Waals surface area contributed by atoms with Gasteiger partial charge < -0.3 is 8.83 Å². The molecular formula is C14H8N3O2+. The maximum absolute atomic E-state index is 5.96. The average molecular weight is 250 g/mol. The molecule has 5 rings (SSSR count). The van der Waals surface area contributed by atoms with Crippen molar-refractivity contribution in [2.24, 2.45) is 0 Å². The molecule has 1 aliphatic heterocycles. The van der Waals surface area contributed by atoms with Crippen molar-refractivity contribution in [2.75, 3.05) is 0 Å². The van der Waals surface area contributed by atoms with Crippen LogP contribution in [0.2, 0.25) is 0 Å². The number of hydrogen-bond acceptors (Lipinski definition) is 4. The Labute approximate surface area is 107 Å². The van der Waals surface area contributed by atoms with Crippen molar-refractivity contribution < 1.29 is 13.4 Å². The minimum absolute atomic E-state index is 0.679. The van der Waals surface area contributed by atoms with Crippen LogP contribution in [-0.2, 0) is 6.54 Å². The first-order valence-electron chi connectivity index (χ1n) is 6.06. The van der Waals surface area contributed by atoms with Crippen LogP contribution in [0.4, 0.5) is 0 Å². The minimum atomic E-state index is 0.679. The highest BCUT2D eigenvalue weighted by atomic mass is 16.4. The monoisotopic (exact) mass is 250 g/mol. The second-order valence-corrected chi connectivity index (χ2v) is 4.58. The highest BCUT2D eigenvalue weighted by molar-refractivity contribution is 5.96. The second-order valence-electron chi connectivity index (χ2n) is 4.58. The molecule has 0 saturated heterocycles. The van der Waals surface area contributed by atoms with Gasteiger partial charge in [-0.25, -0.2) is 4.98 Å². The predicted octanol–water partition coefficient (Wildman–Crippen LogP) is 2.29. The van der Waals surface area contributed by atoms with Crippen LogP contribution < -0.4 is 4.57 Å². The summed E-state index contributed by atoms with van der Waals surface area (Å²) < 4.78 is 13.8. The van der Waals surface area contributed by atoms with Crippen LogP contribution in [0.1, 0.15) is 5.69 Å². The molecule has 90 valence electrons. The molecular weight excluding hydrogens is 242 g/mol. The van der Waals surface area contributed by atoms with E-state index in [-0.39, 0.29) is 0 Å². The third kappa shape index (κ3) is 1.03. The summed E-state index contributed by atoms with van der Waals surface area (Å²) in [6, 6.07) is 7.67. The number of aromatic nitrogens is 3. The van der Waals surface area contributed by atoms with Crippen molar-refractivity contribution in [2.45, 2.75) is 6.54 Å². The average Bonchev–Trinajstić information content (AvgIpc) is 3.07. The van der Waals surface area contributed by atoms with Crippen LogP contribution in [-0.4, -0.2) is 9.97 Å². The van der Waals surface area contributed by atoms with Crippen molar-refractivity contribution in [1.29, 1.82) is 0 Å². The van der Waals surface area contributed by atoms with Crippen LogP contribution in [0.15, 0.2) is 45.5 Å². The third-order valence-corrected chi connectivity index (χ3v) is 3.50. The zero-order valence-corrected chi connectivity index (χ0v) is 9.83. The predicted molar refractivity (Wildman–Crippen MR) is 66.3 cm³/mol. The fourth-order valence-electron chi connectivity index (χ4n) is 2.66. The Morgan fingerprint density at radius 2 is 1.95 bits per heavy atom. The summed E-state index contributed by atoms with van der Waals surface area (Å²) in [6.45, 7) is 0.679. The van der Waals surface area contributed by atoms with E-state index in [2.05, 4.69) is 9.97 Å². The molecule has 4 aromatic heterocycles. The van der Waals surface area contributed by atoms with Gasteiger partial charge in [0.25, 0.3) is 5.58 Å². The topological polar surface area (TPSA) is 55.9 Å². The molecule has 0 fully saturated rings. The normalized spacial score (nSPS) is 13.1. The van der Waals surface area contributed by atoms with E-state index in [1.807, 2.05) is 28.8 Å². The summed E-state index contributed by atoms with van der Waals surface area (Å²) in [4.78, 5) is 8.69. The quantitative estimate of drug-likeness (QED) is 0.396. The highest BCUT2D eigenvalue weighted by Gasteiger charge is 2.38. The molecule has 0 N–H and O–H groups in total. The Kier molecular flexibility index (Phi) is 1.46. The molecule has 5 heterocycles. The van der Waals surface area contributed by atoms with Crippen molar-refractivity contribution in [3.05, 3.63) is 42.4 Å². The molecule has 0 bridgehead atoms. The van der Waals surface area contributed by atoms with E-state index in [1.165, 1.54) is 0 Å². The lowest BCUT2D eigenvalue weighted by Crippen LogP contribution is -2.30. The van der Waals surface area contributed by atoms with Gasteiger partial charge in [0, 0.05) is 12.4 Å². The number of rotatable bonds is 0. The summed E-state index contributed by atoms with van der Waals surface area (Å²) >= 11 is 0. The molecule has 0 amide bonds. The molecule has 5 heteroatoms. The number of furan rings is 1. The lowest BCUT2D eigenvalue weighted by atomic mass is 10.2. The molecule has 0 spiro atoms. The Hall–Kier alpha value is -2.69. The lowest BCUT2D eigenvalue weighted by molar-refractivity contribution is -0.656. The van der Waals surface area contributed by atoms with Crippen molar-refractivity contribution in [3.63, 3.8) is 0 Å². The van der Waals surface area contributed by atoms with Crippen molar-refractivity contribution in [3.8, 4) is 11.5 Å². The van der Waals surface area contributed by atoms with Gasteiger partial charge in [0.15, 0.2) is 17.6 Å². The molecule has 0 radical (unpaired) electrons. The van der Waals surface area contributed by atoms with E-state index in [0.717, 1.165) is 34.0 Å². The maximum atomic E-state index is 5.96. The van der Waals surface area contributed by atoms with Gasteiger partial charge in [-0.05, 0) is 24.3 Å². The van der Waals surface area contributed by atoms with Crippen molar-refractivity contribution >= 4 is 22.4 Å². The van der Waals surface area contributed by atoms with Gasteiger partial charge in [-0.1, -0.05) is 0 Å². The van der Waals surface area contributed by atoms with Crippen molar-refractivity contribution in [1.82, 2.24) is 9.97 Å². The van der Waals surface area contributed by atoms with Gasteiger partial charge in [-0.2, -0.15) is 0 Å². The number of fused-ring (bicyclic) bond motifs is 7. The van der Waals surface area contributed by atoms with Gasteiger partial charge in [0.05, 0.1) is 0 Å². The Morgan fingerprint density at radius 1 is 1.05 bits per heavy atom. The fraction of sp³-hybridized carbons (Fsp3) is 0.0714. The third-order valence-electron chi connectivity index (χ3n) is 3.50. The molecule has 4 aromatic rings. The Bertz CT molecular complexity index is 952. The molecule has 0 unspecified atom stereocenters. The SMILES string of the molecule is c1cnc2c(c1)-c1oc3c4ncccc4oc3[n+]1C2. The van der Waals surface area contributed by atoms with E-state index in [0.29, 0.717) is 12.1 Å². The Morgan fingerprint density at radius 3 is 2.95 bits per heavy atom. The van der Waals surface area contributed by atoms with Gasteiger partial charge in [0.1, 0.15) is 11.3 Å². The molecule has 0 aliphatic carbocycles. The standard InChI is InChI=1S/C14H8N3O2/c1-3-8-9(15-5-1)7-17-13(8)19-12-11-10(18-14(12)17)4-2-6-16-11/h1-6H,7H2/q+1. The Balaban J connectivity index is 1.93. The smallest absolute Gasteiger partial charge is 0.400 e. The van der Waals surface area contributed by atoms with Crippen LogP contribution in [0.25, 0.3) is 33.9 Å². The fourth-order valence-corrected chi connectivity index (χ4v) is 2.66. The molecule has 1 aliphatic rings. The molecule has 0 saturated carbocycles. The van der Waals surface area contributed by atoms with E-state index < -0.39 is 0 Å². The first kappa shape index (κ1) is 9.27. The molecule has 0 aromatic carbocycles. The van der Waals surface area contributed by atoms with E-state index >= 15 is 0 Å². The highest BCUT2D eigenvalue weighted by Crippen LogP contribution is 2.33. The first-order valence-corrected chi connectivity index (χ1v) is 6.06. The molecule has 5 nitrogen and oxygen atoms in total. The second kappa shape index (κ2) is 3.00. The zero-order valence-electron chi connectivity index (χ0n) is 9.83. The van der Waals surface area contributed by atoms with Crippen LogP contribution in [0.3, 0.4) is 0 Å². The van der Waals surface area contributed by atoms with Gasteiger partial charge >= 0.3 is 11.6 Å².